The molecule has 15 heavy (non-hydrogen) atoms. The molecule has 0 radical (unpaired) electrons. The first kappa shape index (κ1) is 8.11. The van der Waals surface area contributed by atoms with E-state index in [2.05, 4.69) is 21.0 Å². The molecule has 4 nitrogen and oxygen atoms in total. The van der Waals surface area contributed by atoms with Gasteiger partial charge < -0.3 is 15.7 Å². The Morgan fingerprint density at radius 3 is 2.87 bits per heavy atom. The molecule has 3 aromatic rings. The third-order valence-electron chi connectivity index (χ3n) is 2.47. The minimum atomic E-state index is 0.440. The number of aromatic amines is 2. The normalized spacial score (nSPS) is 10.9. The fourth-order valence-electron chi connectivity index (χ4n) is 1.77. The summed E-state index contributed by atoms with van der Waals surface area (Å²) in [5.74, 6) is 0.440. The molecule has 0 unspecified atom stereocenters. The Labute approximate surface area is 86.1 Å². The molecule has 1 aromatic carbocycles. The second kappa shape index (κ2) is 2.88. The summed E-state index contributed by atoms with van der Waals surface area (Å²) in [4.78, 5) is 10.2. The maximum absolute atomic E-state index is 5.55. The van der Waals surface area contributed by atoms with Crippen molar-refractivity contribution in [1.29, 1.82) is 0 Å². The molecule has 4 N–H and O–H groups in total. The summed E-state index contributed by atoms with van der Waals surface area (Å²) in [6, 6.07) is 8.13. The van der Waals surface area contributed by atoms with Gasteiger partial charge >= 0.3 is 0 Å². The van der Waals surface area contributed by atoms with Gasteiger partial charge in [0.2, 0.25) is 0 Å². The SMILES string of the molecule is Nc1ncc(-c2c[nH]c3ccccc23)[nH]1. The molecule has 0 aliphatic heterocycles. The monoisotopic (exact) mass is 198 g/mol. The van der Waals surface area contributed by atoms with Gasteiger partial charge in [-0.05, 0) is 6.07 Å². The van der Waals surface area contributed by atoms with Crippen LogP contribution in [0.25, 0.3) is 22.2 Å². The van der Waals surface area contributed by atoms with Gasteiger partial charge in [-0.3, -0.25) is 0 Å². The van der Waals surface area contributed by atoms with Crippen molar-refractivity contribution in [3.63, 3.8) is 0 Å². The molecule has 2 heterocycles. The summed E-state index contributed by atoms with van der Waals surface area (Å²) in [5, 5.41) is 1.17. The molecule has 3 rings (SSSR count). The minimum Gasteiger partial charge on any atom is -0.369 e. The number of anilines is 1. The highest BCUT2D eigenvalue weighted by molar-refractivity contribution is 5.94. The number of nitrogens with zero attached hydrogens (tertiary/aromatic N) is 1. The van der Waals surface area contributed by atoms with Gasteiger partial charge in [0.25, 0.3) is 0 Å². The molecular weight excluding hydrogens is 188 g/mol. The number of imidazole rings is 1. The highest BCUT2D eigenvalue weighted by Gasteiger charge is 2.06. The second-order valence-corrected chi connectivity index (χ2v) is 3.43. The van der Waals surface area contributed by atoms with Crippen LogP contribution < -0.4 is 5.73 Å². The highest BCUT2D eigenvalue weighted by atomic mass is 15.0. The molecule has 0 bridgehead atoms. The van der Waals surface area contributed by atoms with Crippen LogP contribution in [0.2, 0.25) is 0 Å². The molecule has 0 saturated carbocycles. The molecule has 0 spiro atoms. The van der Waals surface area contributed by atoms with Crippen molar-refractivity contribution in [2.24, 2.45) is 0 Å². The van der Waals surface area contributed by atoms with Gasteiger partial charge in [0, 0.05) is 22.7 Å². The number of aromatic nitrogens is 3. The Hall–Kier alpha value is -2.23. The van der Waals surface area contributed by atoms with Gasteiger partial charge in [0.1, 0.15) is 0 Å². The van der Waals surface area contributed by atoms with E-state index in [9.17, 15) is 0 Å². The summed E-state index contributed by atoms with van der Waals surface area (Å²) in [5.41, 5.74) is 8.69. The molecule has 0 amide bonds. The van der Waals surface area contributed by atoms with Crippen molar-refractivity contribution in [2.75, 3.05) is 5.73 Å². The average molecular weight is 198 g/mol. The molecule has 74 valence electrons. The maximum atomic E-state index is 5.55. The molecule has 0 atom stereocenters. The Morgan fingerprint density at radius 2 is 2.07 bits per heavy atom. The van der Waals surface area contributed by atoms with Crippen molar-refractivity contribution < 1.29 is 0 Å². The number of nitrogen functional groups attached to an aromatic ring is 1. The number of hydrogen-bond donors (Lipinski definition) is 3. The average Bonchev–Trinajstić information content (AvgIpc) is 2.83. The van der Waals surface area contributed by atoms with E-state index in [4.69, 9.17) is 5.73 Å². The molecule has 0 aliphatic rings. The van der Waals surface area contributed by atoms with Crippen molar-refractivity contribution in [1.82, 2.24) is 15.0 Å². The van der Waals surface area contributed by atoms with Crippen LogP contribution in [-0.4, -0.2) is 15.0 Å². The molecule has 0 fully saturated rings. The summed E-state index contributed by atoms with van der Waals surface area (Å²) in [6.07, 6.45) is 3.70. The zero-order valence-electron chi connectivity index (χ0n) is 7.99. The van der Waals surface area contributed by atoms with Gasteiger partial charge in [-0.15, -0.1) is 0 Å². The number of hydrogen-bond acceptors (Lipinski definition) is 2. The minimum absolute atomic E-state index is 0.440. The van der Waals surface area contributed by atoms with Gasteiger partial charge in [-0.2, -0.15) is 0 Å². The summed E-state index contributed by atoms with van der Waals surface area (Å²) >= 11 is 0. The van der Waals surface area contributed by atoms with Crippen LogP contribution in [0.15, 0.2) is 36.7 Å². The van der Waals surface area contributed by atoms with Crippen LogP contribution in [-0.2, 0) is 0 Å². The van der Waals surface area contributed by atoms with Crippen LogP contribution in [0.1, 0.15) is 0 Å². The molecular formula is C11H10N4. The maximum Gasteiger partial charge on any atom is 0.197 e. The standard InChI is InChI=1S/C11H10N4/c12-11-14-6-10(15-11)8-5-13-9-4-2-1-3-7(8)9/h1-6,13H,(H3,12,14,15). The Bertz CT molecular complexity index is 606. The van der Waals surface area contributed by atoms with Crippen LogP contribution in [0.3, 0.4) is 0 Å². The van der Waals surface area contributed by atoms with Gasteiger partial charge in [-0.1, -0.05) is 18.2 Å². The number of fused-ring (bicyclic) bond motifs is 1. The predicted octanol–water partition coefficient (Wildman–Crippen LogP) is 2.14. The number of H-pyrrole nitrogens is 2. The summed E-state index contributed by atoms with van der Waals surface area (Å²) in [6.45, 7) is 0. The van der Waals surface area contributed by atoms with E-state index in [1.165, 1.54) is 5.39 Å². The van der Waals surface area contributed by atoms with Crippen molar-refractivity contribution >= 4 is 16.9 Å². The third-order valence-corrected chi connectivity index (χ3v) is 2.47. The highest BCUT2D eigenvalue weighted by Crippen LogP contribution is 2.27. The van der Waals surface area contributed by atoms with E-state index in [1.807, 2.05) is 24.4 Å². The van der Waals surface area contributed by atoms with Crippen LogP contribution >= 0.6 is 0 Å². The van der Waals surface area contributed by atoms with Crippen molar-refractivity contribution in [3.8, 4) is 11.3 Å². The number of nitrogens with one attached hydrogen (secondary N) is 2. The van der Waals surface area contributed by atoms with E-state index in [0.717, 1.165) is 16.8 Å². The van der Waals surface area contributed by atoms with Gasteiger partial charge in [0.05, 0.1) is 11.9 Å². The fourth-order valence-corrected chi connectivity index (χ4v) is 1.77. The number of nitrogens with two attached hydrogens (primary N) is 1. The van der Waals surface area contributed by atoms with E-state index >= 15 is 0 Å². The second-order valence-electron chi connectivity index (χ2n) is 3.43. The largest absolute Gasteiger partial charge is 0.369 e. The lowest BCUT2D eigenvalue weighted by Gasteiger charge is -1.93. The lowest BCUT2D eigenvalue weighted by atomic mass is 10.1. The first-order valence-corrected chi connectivity index (χ1v) is 4.71. The number of rotatable bonds is 1. The first-order chi connectivity index (χ1) is 7.34. The molecule has 4 heteroatoms. The summed E-state index contributed by atoms with van der Waals surface area (Å²) < 4.78 is 0. The Kier molecular flexibility index (Phi) is 1.56. The summed E-state index contributed by atoms with van der Waals surface area (Å²) in [7, 11) is 0. The number of benzene rings is 1. The number of para-hydroxylation sites is 1. The zero-order valence-corrected chi connectivity index (χ0v) is 7.99. The Morgan fingerprint density at radius 1 is 1.20 bits per heavy atom. The third kappa shape index (κ3) is 1.19. The predicted molar refractivity (Wildman–Crippen MR) is 60.3 cm³/mol. The topological polar surface area (TPSA) is 70.5 Å². The fraction of sp³-hybridized carbons (Fsp3) is 0. The van der Waals surface area contributed by atoms with E-state index in [-0.39, 0.29) is 0 Å². The molecule has 2 aromatic heterocycles. The lowest BCUT2D eigenvalue weighted by Crippen LogP contribution is -1.85. The van der Waals surface area contributed by atoms with Crippen LogP contribution in [0.4, 0.5) is 5.95 Å². The molecule has 0 saturated heterocycles. The Balaban J connectivity index is 2.27. The van der Waals surface area contributed by atoms with E-state index in [0.29, 0.717) is 5.95 Å². The lowest BCUT2D eigenvalue weighted by molar-refractivity contribution is 1.33. The quantitative estimate of drug-likeness (QED) is 0.560. The van der Waals surface area contributed by atoms with E-state index in [1.54, 1.807) is 6.20 Å². The van der Waals surface area contributed by atoms with Gasteiger partial charge in [0.15, 0.2) is 5.95 Å². The van der Waals surface area contributed by atoms with Gasteiger partial charge in [-0.25, -0.2) is 4.98 Å². The van der Waals surface area contributed by atoms with Crippen molar-refractivity contribution in [3.05, 3.63) is 36.7 Å². The van der Waals surface area contributed by atoms with Crippen LogP contribution in [0.5, 0.6) is 0 Å². The zero-order chi connectivity index (χ0) is 10.3. The smallest absolute Gasteiger partial charge is 0.197 e. The molecule has 0 aliphatic carbocycles. The van der Waals surface area contributed by atoms with Crippen molar-refractivity contribution in [2.45, 2.75) is 0 Å². The van der Waals surface area contributed by atoms with Crippen LogP contribution in [0, 0.1) is 0 Å². The van der Waals surface area contributed by atoms with E-state index < -0.39 is 0 Å². The first-order valence-electron chi connectivity index (χ1n) is 4.71.